The number of rotatable bonds is 4. The lowest BCUT2D eigenvalue weighted by Gasteiger charge is -2.28. The van der Waals surface area contributed by atoms with Gasteiger partial charge in [-0.1, -0.05) is 0 Å². The predicted molar refractivity (Wildman–Crippen MR) is 65.9 cm³/mol. The molecule has 1 aromatic heterocycles. The van der Waals surface area contributed by atoms with E-state index in [4.69, 9.17) is 9.84 Å². The van der Waals surface area contributed by atoms with Crippen molar-refractivity contribution < 1.29 is 14.6 Å². The number of ether oxygens (including phenoxy) is 1. The summed E-state index contributed by atoms with van der Waals surface area (Å²) < 4.78 is 5.28. The molecule has 2 heterocycles. The van der Waals surface area contributed by atoms with Crippen molar-refractivity contribution in [3.05, 3.63) is 11.9 Å². The van der Waals surface area contributed by atoms with Gasteiger partial charge in [0.05, 0.1) is 13.2 Å². The largest absolute Gasteiger partial charge is 0.480 e. The molecule has 0 aromatic carbocycles. The molecule has 2 N–H and O–H groups in total. The van der Waals surface area contributed by atoms with Gasteiger partial charge in [-0.05, 0) is 6.92 Å². The topological polar surface area (TPSA) is 87.6 Å². The van der Waals surface area contributed by atoms with Crippen LogP contribution in [0.1, 0.15) is 5.82 Å². The number of carboxylic acids is 1. The lowest BCUT2D eigenvalue weighted by molar-refractivity contribution is -0.134. The van der Waals surface area contributed by atoms with Crippen molar-refractivity contribution in [3.63, 3.8) is 0 Å². The second-order valence-electron chi connectivity index (χ2n) is 4.01. The van der Waals surface area contributed by atoms with Crippen LogP contribution in [0.2, 0.25) is 0 Å². The summed E-state index contributed by atoms with van der Waals surface area (Å²) in [6.45, 7) is 4.57. The Bertz CT molecular complexity index is 432. The molecule has 0 aliphatic carbocycles. The monoisotopic (exact) mass is 252 g/mol. The normalized spacial score (nSPS) is 15.5. The fraction of sp³-hybridized carbons (Fsp3) is 0.545. The van der Waals surface area contributed by atoms with Gasteiger partial charge in [-0.3, -0.25) is 4.79 Å². The summed E-state index contributed by atoms with van der Waals surface area (Å²) in [5.74, 6) is 1.04. The van der Waals surface area contributed by atoms with E-state index < -0.39 is 5.97 Å². The van der Waals surface area contributed by atoms with E-state index in [1.807, 2.05) is 0 Å². The molecular weight excluding hydrogens is 236 g/mol. The highest BCUT2D eigenvalue weighted by Gasteiger charge is 2.14. The Labute approximate surface area is 105 Å². The molecular formula is C11H16N4O3. The second kappa shape index (κ2) is 5.63. The van der Waals surface area contributed by atoms with Gasteiger partial charge < -0.3 is 20.1 Å². The molecule has 0 spiro atoms. The fourth-order valence-corrected chi connectivity index (χ4v) is 1.76. The van der Waals surface area contributed by atoms with Gasteiger partial charge in [0.15, 0.2) is 0 Å². The van der Waals surface area contributed by atoms with E-state index in [9.17, 15) is 4.79 Å². The molecule has 18 heavy (non-hydrogen) atoms. The average Bonchev–Trinajstić information content (AvgIpc) is 2.37. The van der Waals surface area contributed by atoms with Gasteiger partial charge >= 0.3 is 5.97 Å². The molecule has 0 saturated carbocycles. The SMILES string of the molecule is Cc1nc(NCC(=O)O)cc(N2CCOCC2)n1. The lowest BCUT2D eigenvalue weighted by atomic mass is 10.4. The van der Waals surface area contributed by atoms with Crippen molar-refractivity contribution >= 4 is 17.6 Å². The highest BCUT2D eigenvalue weighted by atomic mass is 16.5. The molecule has 7 heteroatoms. The zero-order valence-electron chi connectivity index (χ0n) is 10.2. The van der Waals surface area contributed by atoms with E-state index in [1.165, 1.54) is 0 Å². The molecule has 7 nitrogen and oxygen atoms in total. The first-order chi connectivity index (χ1) is 8.65. The quantitative estimate of drug-likeness (QED) is 0.786. The van der Waals surface area contributed by atoms with E-state index in [-0.39, 0.29) is 6.54 Å². The van der Waals surface area contributed by atoms with Crippen molar-refractivity contribution in [2.45, 2.75) is 6.92 Å². The number of anilines is 2. The first-order valence-electron chi connectivity index (χ1n) is 5.79. The van der Waals surface area contributed by atoms with Crippen molar-refractivity contribution in [1.29, 1.82) is 0 Å². The van der Waals surface area contributed by atoms with E-state index in [1.54, 1.807) is 13.0 Å². The third-order valence-corrected chi connectivity index (χ3v) is 2.58. The second-order valence-corrected chi connectivity index (χ2v) is 4.01. The van der Waals surface area contributed by atoms with Gasteiger partial charge in [0.25, 0.3) is 0 Å². The molecule has 1 aliphatic rings. The summed E-state index contributed by atoms with van der Waals surface area (Å²) in [6, 6.07) is 1.77. The molecule has 1 fully saturated rings. The summed E-state index contributed by atoms with van der Waals surface area (Å²) in [4.78, 5) is 21.1. The maximum atomic E-state index is 10.5. The van der Waals surface area contributed by atoms with E-state index in [0.29, 0.717) is 24.9 Å². The summed E-state index contributed by atoms with van der Waals surface area (Å²) in [7, 11) is 0. The van der Waals surface area contributed by atoms with Crippen LogP contribution in [-0.2, 0) is 9.53 Å². The third kappa shape index (κ3) is 3.30. The standard InChI is InChI=1S/C11H16N4O3/c1-8-13-9(12-7-11(16)17)6-10(14-8)15-2-4-18-5-3-15/h6H,2-5,7H2,1H3,(H,16,17)(H,12,13,14). The zero-order valence-corrected chi connectivity index (χ0v) is 10.2. The number of nitrogens with one attached hydrogen (secondary N) is 1. The molecule has 0 radical (unpaired) electrons. The van der Waals surface area contributed by atoms with Crippen LogP contribution in [-0.4, -0.2) is 53.9 Å². The van der Waals surface area contributed by atoms with E-state index in [2.05, 4.69) is 20.2 Å². The summed E-state index contributed by atoms with van der Waals surface area (Å²) in [5, 5.41) is 11.4. The van der Waals surface area contributed by atoms with Gasteiger partial charge in [-0.25, -0.2) is 9.97 Å². The van der Waals surface area contributed by atoms with Crippen LogP contribution in [0.15, 0.2) is 6.07 Å². The van der Waals surface area contributed by atoms with Gasteiger partial charge in [0.2, 0.25) is 0 Å². The maximum absolute atomic E-state index is 10.5. The Balaban J connectivity index is 2.12. The summed E-state index contributed by atoms with van der Waals surface area (Å²) in [5.41, 5.74) is 0. The molecule has 0 unspecified atom stereocenters. The van der Waals surface area contributed by atoms with E-state index in [0.717, 1.165) is 18.9 Å². The van der Waals surface area contributed by atoms with Gasteiger partial charge in [0, 0.05) is 19.2 Å². The number of hydrogen-bond donors (Lipinski definition) is 2. The third-order valence-electron chi connectivity index (χ3n) is 2.58. The summed E-state index contributed by atoms with van der Waals surface area (Å²) >= 11 is 0. The van der Waals surface area contributed by atoms with Crippen LogP contribution in [0.4, 0.5) is 11.6 Å². The van der Waals surface area contributed by atoms with Crippen LogP contribution in [0.3, 0.4) is 0 Å². The Hall–Kier alpha value is -1.89. The lowest BCUT2D eigenvalue weighted by Crippen LogP contribution is -2.37. The molecule has 1 saturated heterocycles. The molecule has 0 bridgehead atoms. The number of aryl methyl sites for hydroxylation is 1. The van der Waals surface area contributed by atoms with Crippen LogP contribution < -0.4 is 10.2 Å². The predicted octanol–water partition coefficient (Wildman–Crippen LogP) is 0.118. The minimum Gasteiger partial charge on any atom is -0.480 e. The number of carbonyl (C=O) groups is 1. The van der Waals surface area contributed by atoms with Crippen molar-refractivity contribution in [2.24, 2.45) is 0 Å². The summed E-state index contributed by atoms with van der Waals surface area (Å²) in [6.07, 6.45) is 0. The number of nitrogens with zero attached hydrogens (tertiary/aromatic N) is 3. The molecule has 0 amide bonds. The number of carboxylic acid groups (broad SMARTS) is 1. The van der Waals surface area contributed by atoms with Crippen molar-refractivity contribution in [3.8, 4) is 0 Å². The Morgan fingerprint density at radius 1 is 1.50 bits per heavy atom. The fourth-order valence-electron chi connectivity index (χ4n) is 1.76. The van der Waals surface area contributed by atoms with Gasteiger partial charge in [-0.15, -0.1) is 0 Å². The van der Waals surface area contributed by atoms with Gasteiger partial charge in [0.1, 0.15) is 24.0 Å². The minimum atomic E-state index is -0.917. The van der Waals surface area contributed by atoms with E-state index >= 15 is 0 Å². The molecule has 1 aliphatic heterocycles. The van der Waals surface area contributed by atoms with Gasteiger partial charge in [-0.2, -0.15) is 0 Å². The highest BCUT2D eigenvalue weighted by molar-refractivity contribution is 5.72. The average molecular weight is 252 g/mol. The van der Waals surface area contributed by atoms with Crippen molar-refractivity contribution in [1.82, 2.24) is 9.97 Å². The van der Waals surface area contributed by atoms with Crippen LogP contribution in [0, 0.1) is 6.92 Å². The van der Waals surface area contributed by atoms with Crippen LogP contribution in [0.25, 0.3) is 0 Å². The first kappa shape index (κ1) is 12.6. The number of morpholine rings is 1. The highest BCUT2D eigenvalue weighted by Crippen LogP contribution is 2.16. The number of aromatic nitrogens is 2. The maximum Gasteiger partial charge on any atom is 0.322 e. The van der Waals surface area contributed by atoms with Crippen molar-refractivity contribution in [2.75, 3.05) is 43.1 Å². The molecule has 2 rings (SSSR count). The zero-order chi connectivity index (χ0) is 13.0. The van der Waals surface area contributed by atoms with Crippen LogP contribution in [0.5, 0.6) is 0 Å². The molecule has 0 atom stereocenters. The molecule has 1 aromatic rings. The Morgan fingerprint density at radius 3 is 2.89 bits per heavy atom. The van der Waals surface area contributed by atoms with Crippen LogP contribution >= 0.6 is 0 Å². The number of aliphatic carboxylic acids is 1. The molecule has 98 valence electrons. The first-order valence-corrected chi connectivity index (χ1v) is 5.79. The minimum absolute atomic E-state index is 0.154. The number of hydrogen-bond acceptors (Lipinski definition) is 6. The Morgan fingerprint density at radius 2 is 2.22 bits per heavy atom. The smallest absolute Gasteiger partial charge is 0.322 e. The Kier molecular flexibility index (Phi) is 3.93.